The molecule has 0 amide bonds. The summed E-state index contributed by atoms with van der Waals surface area (Å²) in [5, 5.41) is 15.6. The van der Waals surface area contributed by atoms with Gasteiger partial charge in [0, 0.05) is 50.2 Å². The lowest BCUT2D eigenvalue weighted by atomic mass is 9.65. The van der Waals surface area contributed by atoms with E-state index in [9.17, 15) is 5.11 Å². The second kappa shape index (κ2) is 12.6. The molecule has 6 aromatic carbocycles. The summed E-state index contributed by atoms with van der Waals surface area (Å²) in [7, 11) is 24.9. The van der Waals surface area contributed by atoms with Gasteiger partial charge in [0.2, 0.25) is 0 Å². The molecule has 0 bridgehead atoms. The van der Waals surface area contributed by atoms with Gasteiger partial charge < -0.3 is 9.67 Å². The van der Waals surface area contributed by atoms with Crippen molar-refractivity contribution in [2.24, 2.45) is 0 Å². The van der Waals surface area contributed by atoms with Gasteiger partial charge in [-0.3, -0.25) is 4.57 Å². The molecule has 0 unspecified atom stereocenters. The van der Waals surface area contributed by atoms with Crippen molar-refractivity contribution in [3.05, 3.63) is 140 Å². The van der Waals surface area contributed by atoms with E-state index >= 15 is 0 Å². The molecule has 10 rings (SSSR count). The molecule has 8 radical (unpaired) electrons. The monoisotopic (exact) mass is 696 g/mol. The molecule has 0 spiro atoms. The van der Waals surface area contributed by atoms with Crippen LogP contribution in [0.2, 0.25) is 0 Å². The number of pyridine rings is 1. The summed E-state index contributed by atoms with van der Waals surface area (Å²) in [5.74, 6) is 0.488. The first kappa shape index (κ1) is 32.8. The van der Waals surface area contributed by atoms with Gasteiger partial charge in [-0.15, -0.1) is 10.9 Å². The molecule has 0 fully saturated rings. The zero-order chi connectivity index (χ0) is 37.4. The molecule has 0 aliphatic heterocycles. The summed E-state index contributed by atoms with van der Waals surface area (Å²) in [6.45, 7) is 0. The van der Waals surface area contributed by atoms with Crippen molar-refractivity contribution in [2.75, 3.05) is 0 Å². The summed E-state index contributed by atoms with van der Waals surface area (Å²) in [6.07, 6.45) is 1.83. The lowest BCUT2D eigenvalue weighted by molar-refractivity contribution is 0.482. The van der Waals surface area contributed by atoms with Gasteiger partial charge in [0.05, 0.1) is 22.1 Å². The minimum absolute atomic E-state index is 0.00641. The molecule has 11 heteroatoms. The van der Waals surface area contributed by atoms with E-state index in [1.54, 1.807) is 0 Å². The van der Waals surface area contributed by atoms with Crippen LogP contribution >= 0.6 is 0 Å². The third kappa shape index (κ3) is 5.11. The Morgan fingerprint density at radius 1 is 0.436 bits per heavy atom. The third-order valence-electron chi connectivity index (χ3n) is 10.2. The lowest BCUT2D eigenvalue weighted by Crippen LogP contribution is -2.48. The van der Waals surface area contributed by atoms with Crippen LogP contribution in [0.3, 0.4) is 0 Å². The van der Waals surface area contributed by atoms with Crippen molar-refractivity contribution >= 4 is 97.0 Å². The second-order valence-corrected chi connectivity index (χ2v) is 13.4. The molecule has 1 N–H and O–H groups in total. The Bertz CT molecular complexity index is 3080. The molecule has 4 heterocycles. The molecule has 7 nitrogen and oxygen atoms in total. The van der Waals surface area contributed by atoms with Crippen molar-refractivity contribution in [2.45, 2.75) is 0 Å². The van der Waals surface area contributed by atoms with Crippen LogP contribution < -0.4 is 21.9 Å². The number of hydrogen-bond donors (Lipinski definition) is 1. The van der Waals surface area contributed by atoms with E-state index in [1.807, 2.05) is 66.9 Å². The second-order valence-electron chi connectivity index (χ2n) is 13.4. The van der Waals surface area contributed by atoms with E-state index in [1.165, 1.54) is 0 Å². The average molecular weight is 696 g/mol. The molecule has 10 aromatic rings. The highest BCUT2D eigenvalue weighted by Gasteiger charge is 2.22. The number of hydrogen-bond acceptors (Lipinski definition) is 5. The molecule has 0 saturated carbocycles. The van der Waals surface area contributed by atoms with E-state index < -0.39 is 0 Å². The first-order chi connectivity index (χ1) is 26.9. The first-order valence-electron chi connectivity index (χ1n) is 17.6. The highest BCUT2D eigenvalue weighted by molar-refractivity contribution is 6.64. The molecule has 55 heavy (non-hydrogen) atoms. The van der Waals surface area contributed by atoms with Crippen LogP contribution in [0.1, 0.15) is 0 Å². The van der Waals surface area contributed by atoms with Crippen LogP contribution in [-0.4, -0.2) is 65.6 Å². The zero-order valence-electron chi connectivity index (χ0n) is 29.2. The molecular weight excluding hydrogens is 672 g/mol. The van der Waals surface area contributed by atoms with Crippen molar-refractivity contribution in [1.29, 1.82) is 0 Å². The Kier molecular flexibility index (Phi) is 7.52. The number of benzene rings is 6. The predicted octanol–water partition coefficient (Wildman–Crippen LogP) is 5.34. The van der Waals surface area contributed by atoms with Crippen molar-refractivity contribution < 1.29 is 5.11 Å². The van der Waals surface area contributed by atoms with Crippen LogP contribution in [0.5, 0.6) is 5.75 Å². The number of rotatable bonds is 5. The van der Waals surface area contributed by atoms with Crippen molar-refractivity contribution in [3.63, 3.8) is 0 Å². The lowest BCUT2D eigenvalue weighted by Gasteiger charge is -2.18. The molecule has 0 atom stereocenters. The third-order valence-corrected chi connectivity index (χ3v) is 10.2. The molecular formula is C44H24B4N6O. The van der Waals surface area contributed by atoms with E-state index in [0.29, 0.717) is 11.6 Å². The Morgan fingerprint density at radius 2 is 1.04 bits per heavy atom. The molecule has 4 aromatic heterocycles. The number of nitrogens with zero attached hydrogens (tertiary/aromatic N) is 6. The summed E-state index contributed by atoms with van der Waals surface area (Å²) >= 11 is 0. The van der Waals surface area contributed by atoms with Crippen LogP contribution in [0.15, 0.2) is 140 Å². The predicted molar refractivity (Wildman–Crippen MR) is 226 cm³/mol. The van der Waals surface area contributed by atoms with E-state index in [2.05, 4.69) is 81.9 Å². The largest absolute Gasteiger partial charge is 0.508 e. The van der Waals surface area contributed by atoms with Crippen molar-refractivity contribution in [3.8, 4) is 51.3 Å². The van der Waals surface area contributed by atoms with E-state index in [-0.39, 0.29) is 39.0 Å². The number of para-hydroxylation sites is 2. The standard InChI is InChI=1S/C44H24B4N6O/c45-36-35(40(55)39(48)38(47)37(36)46)43-51-41(24-10-3-1-4-11-24)50-42(52-43)25-17-19-29-30-20-18-27(23-34(30)53(33(29)22-25)26-12-5-2-6-13-26)54-32-16-8-7-14-28(32)31-15-9-21-49-44(31)54/h1-23,55H. The summed E-state index contributed by atoms with van der Waals surface area (Å²) < 4.78 is 4.47. The maximum Gasteiger partial charge on any atom is 0.167 e. The van der Waals surface area contributed by atoms with Gasteiger partial charge in [-0.1, -0.05) is 95.9 Å². The fourth-order valence-corrected chi connectivity index (χ4v) is 7.57. The summed E-state index contributed by atoms with van der Waals surface area (Å²) in [6, 6.07) is 44.9. The minimum atomic E-state index is -0.353. The van der Waals surface area contributed by atoms with Gasteiger partial charge in [-0.2, -0.15) is 0 Å². The van der Waals surface area contributed by atoms with E-state index in [4.69, 9.17) is 51.3 Å². The van der Waals surface area contributed by atoms with Gasteiger partial charge in [-0.25, -0.2) is 19.9 Å². The highest BCUT2D eigenvalue weighted by atomic mass is 16.3. The zero-order valence-corrected chi connectivity index (χ0v) is 29.2. The quantitative estimate of drug-likeness (QED) is 0.246. The van der Waals surface area contributed by atoms with Crippen LogP contribution in [0, 0.1) is 0 Å². The topological polar surface area (TPSA) is 81.7 Å². The fourth-order valence-electron chi connectivity index (χ4n) is 7.57. The highest BCUT2D eigenvalue weighted by Crippen LogP contribution is 2.38. The summed E-state index contributed by atoms with van der Waals surface area (Å²) in [4.78, 5) is 19.4. The van der Waals surface area contributed by atoms with Crippen LogP contribution in [0.4, 0.5) is 0 Å². The SMILES string of the molecule is [B]c1c([B])c([B])c(-c2nc(-c3ccccc3)nc(-c3ccc4c5ccc(-n6c7ccccc7c7cccnc76)cc5n(-c5ccccc5)c4c3)n2)c(O)c1[B]. The minimum Gasteiger partial charge on any atom is -0.508 e. The Hall–Kier alpha value is -6.86. The maximum atomic E-state index is 11.2. The molecule has 0 saturated heterocycles. The number of phenolic OH excluding ortho intramolecular Hbond substituents is 1. The normalized spacial score (nSPS) is 11.6. The van der Waals surface area contributed by atoms with Crippen molar-refractivity contribution in [1.82, 2.24) is 29.1 Å². The number of aromatic nitrogens is 6. The summed E-state index contributed by atoms with van der Waals surface area (Å²) in [5.41, 5.74) is 7.42. The Balaban J connectivity index is 1.23. The maximum absolute atomic E-state index is 11.2. The smallest absolute Gasteiger partial charge is 0.167 e. The number of aromatic hydroxyl groups is 1. The van der Waals surface area contributed by atoms with Crippen LogP contribution in [-0.2, 0) is 0 Å². The molecule has 0 aliphatic carbocycles. The van der Waals surface area contributed by atoms with Gasteiger partial charge in [0.25, 0.3) is 0 Å². The molecule has 0 aliphatic rings. The van der Waals surface area contributed by atoms with Crippen LogP contribution in [0.25, 0.3) is 89.3 Å². The fraction of sp³-hybridized carbons (Fsp3) is 0. The van der Waals surface area contributed by atoms with Gasteiger partial charge in [0.15, 0.2) is 17.5 Å². The van der Waals surface area contributed by atoms with Gasteiger partial charge in [0.1, 0.15) is 42.8 Å². The number of phenols is 1. The first-order valence-corrected chi connectivity index (χ1v) is 17.6. The average Bonchev–Trinajstić information content (AvgIpc) is 3.75. The van der Waals surface area contributed by atoms with Gasteiger partial charge in [-0.05, 0) is 48.5 Å². The van der Waals surface area contributed by atoms with Gasteiger partial charge >= 0.3 is 0 Å². The molecule has 248 valence electrons. The Labute approximate surface area is 321 Å². The Morgan fingerprint density at radius 3 is 1.82 bits per heavy atom. The number of fused-ring (bicyclic) bond motifs is 6. The van der Waals surface area contributed by atoms with E-state index in [0.717, 1.165) is 66.2 Å².